The number of hydrogen-bond acceptors (Lipinski definition) is 1. The van der Waals surface area contributed by atoms with Crippen molar-refractivity contribution in [2.24, 2.45) is 0 Å². The van der Waals surface area contributed by atoms with Crippen molar-refractivity contribution in [3.63, 3.8) is 0 Å². The topological polar surface area (TPSA) is 12.9 Å². The summed E-state index contributed by atoms with van der Waals surface area (Å²) in [6.07, 6.45) is 10.6. The minimum absolute atomic E-state index is 1.13. The van der Waals surface area contributed by atoms with E-state index in [0.29, 0.717) is 0 Å². The zero-order valence-electron chi connectivity index (χ0n) is 20.0. The average molecular weight is 460 g/mol. The maximum absolute atomic E-state index is 4.28. The van der Waals surface area contributed by atoms with Crippen molar-refractivity contribution in [3.8, 4) is 33.4 Å². The van der Waals surface area contributed by atoms with Gasteiger partial charge in [-0.1, -0.05) is 103 Å². The lowest BCUT2D eigenvalue weighted by molar-refractivity contribution is 0.986. The van der Waals surface area contributed by atoms with Gasteiger partial charge in [-0.3, -0.25) is 4.98 Å². The summed E-state index contributed by atoms with van der Waals surface area (Å²) in [6.45, 7) is 0. The molecule has 0 spiro atoms. The van der Waals surface area contributed by atoms with Crippen LogP contribution in [0.3, 0.4) is 0 Å². The highest BCUT2D eigenvalue weighted by molar-refractivity contribution is 6.21. The van der Waals surface area contributed by atoms with Crippen LogP contribution in [0.1, 0.15) is 17.5 Å². The molecule has 1 heterocycles. The molecule has 1 nitrogen and oxygen atoms in total. The van der Waals surface area contributed by atoms with Gasteiger partial charge in [-0.2, -0.15) is 0 Å². The molecule has 0 bridgehead atoms. The van der Waals surface area contributed by atoms with Gasteiger partial charge in [0.1, 0.15) is 0 Å². The first kappa shape index (κ1) is 20.8. The quantitative estimate of drug-likeness (QED) is 0.240. The van der Waals surface area contributed by atoms with Gasteiger partial charge in [0.25, 0.3) is 0 Å². The van der Waals surface area contributed by atoms with Gasteiger partial charge in [-0.15, -0.1) is 0 Å². The van der Waals surface area contributed by atoms with E-state index in [1.165, 1.54) is 60.5 Å². The molecule has 0 radical (unpaired) electrons. The van der Waals surface area contributed by atoms with E-state index in [4.69, 9.17) is 0 Å². The monoisotopic (exact) mass is 459 g/mol. The zero-order chi connectivity index (χ0) is 23.9. The first-order valence-electron chi connectivity index (χ1n) is 12.6. The van der Waals surface area contributed by atoms with E-state index in [0.717, 1.165) is 18.4 Å². The average Bonchev–Trinajstić information content (AvgIpc) is 2.96. The second kappa shape index (κ2) is 8.62. The predicted molar refractivity (Wildman–Crippen MR) is 153 cm³/mol. The van der Waals surface area contributed by atoms with Crippen LogP contribution in [0.5, 0.6) is 0 Å². The molecule has 36 heavy (non-hydrogen) atoms. The third-order valence-corrected chi connectivity index (χ3v) is 7.41. The highest BCUT2D eigenvalue weighted by Gasteiger charge is 2.17. The number of benzene rings is 5. The molecular weight excluding hydrogens is 434 g/mol. The van der Waals surface area contributed by atoms with Crippen LogP contribution in [0, 0.1) is 0 Å². The molecule has 5 aromatic carbocycles. The summed E-state index contributed by atoms with van der Waals surface area (Å²) in [5.41, 5.74) is 10.2. The van der Waals surface area contributed by atoms with Gasteiger partial charge < -0.3 is 0 Å². The molecule has 0 atom stereocenters. The Bertz CT molecular complexity index is 1700. The van der Waals surface area contributed by atoms with Crippen LogP contribution in [0.25, 0.3) is 61.0 Å². The third-order valence-electron chi connectivity index (χ3n) is 7.41. The van der Waals surface area contributed by atoms with Gasteiger partial charge in [-0.05, 0) is 91.0 Å². The molecule has 0 N–H and O–H groups in total. The molecule has 7 rings (SSSR count). The Labute approximate surface area is 211 Å². The first-order chi connectivity index (χ1) is 17.9. The smallest absolute Gasteiger partial charge is 0.0346 e. The van der Waals surface area contributed by atoms with Crippen molar-refractivity contribution >= 4 is 27.6 Å². The number of aromatic nitrogens is 1. The molecule has 6 aromatic rings. The van der Waals surface area contributed by atoms with Gasteiger partial charge in [-0.25, -0.2) is 0 Å². The van der Waals surface area contributed by atoms with E-state index in [-0.39, 0.29) is 0 Å². The lowest BCUT2D eigenvalue weighted by Gasteiger charge is -2.19. The molecule has 0 aliphatic heterocycles. The SMILES string of the molecule is C1=Cc2cc(-c3c4ccccc4c(-c4ccc(-c5cccnc5)cc4)c4ccccc34)ccc2CC1. The Morgan fingerprint density at radius 3 is 1.78 bits per heavy atom. The summed E-state index contributed by atoms with van der Waals surface area (Å²) in [6, 6.07) is 37.8. The fourth-order valence-corrected chi connectivity index (χ4v) is 5.70. The second-order valence-electron chi connectivity index (χ2n) is 9.51. The van der Waals surface area contributed by atoms with Crippen molar-refractivity contribution in [3.05, 3.63) is 133 Å². The number of pyridine rings is 1. The Balaban J connectivity index is 1.48. The van der Waals surface area contributed by atoms with Gasteiger partial charge >= 0.3 is 0 Å². The van der Waals surface area contributed by atoms with E-state index in [9.17, 15) is 0 Å². The molecule has 0 amide bonds. The van der Waals surface area contributed by atoms with Crippen LogP contribution >= 0.6 is 0 Å². The normalized spacial score (nSPS) is 12.7. The Kier molecular flexibility index (Phi) is 4.99. The van der Waals surface area contributed by atoms with Gasteiger partial charge in [0.05, 0.1) is 0 Å². The van der Waals surface area contributed by atoms with E-state index < -0.39 is 0 Å². The minimum Gasteiger partial charge on any atom is -0.264 e. The summed E-state index contributed by atoms with van der Waals surface area (Å²) >= 11 is 0. The summed E-state index contributed by atoms with van der Waals surface area (Å²) in [4.78, 5) is 4.28. The van der Waals surface area contributed by atoms with Crippen LogP contribution in [0.4, 0.5) is 0 Å². The first-order valence-corrected chi connectivity index (χ1v) is 12.6. The lowest BCUT2D eigenvalue weighted by atomic mass is 9.84. The lowest BCUT2D eigenvalue weighted by Crippen LogP contribution is -1.95. The van der Waals surface area contributed by atoms with Crippen molar-refractivity contribution in [1.82, 2.24) is 4.98 Å². The molecule has 1 aliphatic rings. The fraction of sp³-hybridized carbons (Fsp3) is 0.0571. The fourth-order valence-electron chi connectivity index (χ4n) is 5.70. The Hall–Kier alpha value is -4.49. The summed E-state index contributed by atoms with van der Waals surface area (Å²) < 4.78 is 0. The number of rotatable bonds is 3. The molecule has 0 fully saturated rings. The van der Waals surface area contributed by atoms with E-state index in [1.807, 2.05) is 18.5 Å². The maximum atomic E-state index is 4.28. The van der Waals surface area contributed by atoms with Crippen LogP contribution in [0.15, 0.2) is 122 Å². The summed E-state index contributed by atoms with van der Waals surface area (Å²) in [5.74, 6) is 0. The Morgan fingerprint density at radius 2 is 1.14 bits per heavy atom. The van der Waals surface area contributed by atoms with E-state index in [2.05, 4.69) is 114 Å². The number of allylic oxidation sites excluding steroid dienone is 1. The summed E-state index contributed by atoms with van der Waals surface area (Å²) in [7, 11) is 0. The van der Waals surface area contributed by atoms with Gasteiger partial charge in [0.15, 0.2) is 0 Å². The highest BCUT2D eigenvalue weighted by Crippen LogP contribution is 2.44. The van der Waals surface area contributed by atoms with E-state index in [1.54, 1.807) is 0 Å². The van der Waals surface area contributed by atoms with Crippen molar-refractivity contribution in [2.75, 3.05) is 0 Å². The molecule has 1 aromatic heterocycles. The van der Waals surface area contributed by atoms with Gasteiger partial charge in [0.2, 0.25) is 0 Å². The largest absolute Gasteiger partial charge is 0.264 e. The molecule has 1 aliphatic carbocycles. The summed E-state index contributed by atoms with van der Waals surface area (Å²) in [5, 5.41) is 5.16. The molecule has 170 valence electrons. The number of aryl methyl sites for hydroxylation is 1. The van der Waals surface area contributed by atoms with Crippen molar-refractivity contribution in [2.45, 2.75) is 12.8 Å². The number of nitrogens with zero attached hydrogens (tertiary/aromatic N) is 1. The Morgan fingerprint density at radius 1 is 0.528 bits per heavy atom. The molecule has 0 saturated carbocycles. The zero-order valence-corrected chi connectivity index (χ0v) is 20.0. The molecule has 0 unspecified atom stereocenters. The van der Waals surface area contributed by atoms with Crippen LogP contribution in [0.2, 0.25) is 0 Å². The van der Waals surface area contributed by atoms with Gasteiger partial charge in [0, 0.05) is 12.4 Å². The molecule has 1 heteroatoms. The third kappa shape index (κ3) is 3.44. The van der Waals surface area contributed by atoms with Crippen molar-refractivity contribution in [1.29, 1.82) is 0 Å². The van der Waals surface area contributed by atoms with Crippen LogP contribution < -0.4 is 0 Å². The standard InChI is InChI=1S/C35H25N/c1-2-9-27-22-28(20-17-24(27)8-1)35-32-13-5-3-11-30(32)34(31-12-4-6-14-33(31)35)26-18-15-25(16-19-26)29-10-7-21-36-23-29/h2-7,9-23H,1,8H2. The van der Waals surface area contributed by atoms with Crippen LogP contribution in [-0.4, -0.2) is 4.98 Å². The molecular formula is C35H25N. The minimum atomic E-state index is 1.13. The number of hydrogen-bond donors (Lipinski definition) is 0. The van der Waals surface area contributed by atoms with Crippen molar-refractivity contribution < 1.29 is 0 Å². The van der Waals surface area contributed by atoms with E-state index >= 15 is 0 Å². The maximum Gasteiger partial charge on any atom is 0.0346 e. The highest BCUT2D eigenvalue weighted by atomic mass is 14.6. The molecule has 0 saturated heterocycles. The van der Waals surface area contributed by atoms with Crippen LogP contribution in [-0.2, 0) is 6.42 Å². The number of fused-ring (bicyclic) bond motifs is 3. The predicted octanol–water partition coefficient (Wildman–Crippen LogP) is 9.35. The second-order valence-corrected chi connectivity index (χ2v) is 9.51.